The molecule has 2 aromatic carbocycles. The summed E-state index contributed by atoms with van der Waals surface area (Å²) < 4.78 is 51.8. The number of carbonyl (C=O) groups is 1. The van der Waals surface area contributed by atoms with E-state index < -0.39 is 35.6 Å². The van der Waals surface area contributed by atoms with Crippen LogP contribution in [0.1, 0.15) is 36.1 Å². The molecule has 0 aliphatic carbocycles. The van der Waals surface area contributed by atoms with E-state index in [9.17, 15) is 22.4 Å². The molecule has 27 heavy (non-hydrogen) atoms. The molecule has 0 radical (unpaired) electrons. The number of hydrogen-bond donors (Lipinski definition) is 1. The van der Waals surface area contributed by atoms with Crippen LogP contribution in [0.3, 0.4) is 0 Å². The molecule has 2 aromatic rings. The number of amides is 1. The van der Waals surface area contributed by atoms with Crippen LogP contribution in [0.2, 0.25) is 0 Å². The lowest BCUT2D eigenvalue weighted by Gasteiger charge is -2.18. The van der Waals surface area contributed by atoms with Gasteiger partial charge in [0.1, 0.15) is 5.82 Å². The average Bonchev–Trinajstić information content (AvgIpc) is 3.11. The Bertz CT molecular complexity index is 880. The van der Waals surface area contributed by atoms with Gasteiger partial charge in [0.15, 0.2) is 0 Å². The van der Waals surface area contributed by atoms with Gasteiger partial charge in [0.2, 0.25) is 6.10 Å². The number of benzene rings is 2. The van der Waals surface area contributed by atoms with E-state index in [0.29, 0.717) is 16.8 Å². The fraction of sp³-hybridized carbons (Fsp3) is 0.263. The van der Waals surface area contributed by atoms with Crippen molar-refractivity contribution >= 4 is 11.6 Å². The van der Waals surface area contributed by atoms with Crippen LogP contribution >= 0.6 is 0 Å². The Balaban J connectivity index is 1.63. The van der Waals surface area contributed by atoms with Crippen molar-refractivity contribution < 1.29 is 27.2 Å². The number of carbonyl (C=O) groups excluding carboxylic acids is 1. The van der Waals surface area contributed by atoms with Gasteiger partial charge in [-0.3, -0.25) is 4.79 Å². The summed E-state index contributed by atoms with van der Waals surface area (Å²) in [6, 6.07) is 9.86. The van der Waals surface area contributed by atoms with Crippen LogP contribution in [0.25, 0.3) is 0 Å². The van der Waals surface area contributed by atoms with Crippen molar-refractivity contribution in [3.8, 4) is 0 Å². The van der Waals surface area contributed by atoms with Crippen LogP contribution in [0.4, 0.5) is 17.6 Å². The lowest BCUT2D eigenvalue weighted by atomic mass is 10.0. The van der Waals surface area contributed by atoms with E-state index in [2.05, 4.69) is 10.5 Å². The van der Waals surface area contributed by atoms with Crippen LogP contribution in [-0.2, 0) is 15.8 Å². The summed E-state index contributed by atoms with van der Waals surface area (Å²) in [6.45, 7) is 1.58. The summed E-state index contributed by atoms with van der Waals surface area (Å²) in [5.41, 5.74) is 0.481. The fourth-order valence-corrected chi connectivity index (χ4v) is 2.73. The summed E-state index contributed by atoms with van der Waals surface area (Å²) in [4.78, 5) is 17.5. The Morgan fingerprint density at radius 1 is 1.22 bits per heavy atom. The molecule has 3 rings (SSSR count). The Morgan fingerprint density at radius 3 is 2.67 bits per heavy atom. The van der Waals surface area contributed by atoms with Crippen LogP contribution in [0.5, 0.6) is 0 Å². The molecule has 1 aliphatic rings. The number of alkyl halides is 3. The van der Waals surface area contributed by atoms with Crippen LogP contribution in [0.15, 0.2) is 53.7 Å². The molecule has 0 saturated heterocycles. The second kappa shape index (κ2) is 7.38. The third-order valence-corrected chi connectivity index (χ3v) is 4.19. The predicted octanol–water partition coefficient (Wildman–Crippen LogP) is 4.21. The monoisotopic (exact) mass is 380 g/mol. The molecular weight excluding hydrogens is 364 g/mol. The standard InChI is InChI=1S/C19H16F4N2O2/c1-11(12-4-2-6-14(8-12)19(21,22)23)24-18(26)17-10-16(25-27-17)13-5-3-7-15(20)9-13/h2-9,11,17H,10H2,1H3,(H,24,26). The van der Waals surface area contributed by atoms with E-state index >= 15 is 0 Å². The Morgan fingerprint density at radius 2 is 1.96 bits per heavy atom. The number of oxime groups is 1. The van der Waals surface area contributed by atoms with E-state index in [1.165, 1.54) is 30.3 Å². The molecule has 0 spiro atoms. The van der Waals surface area contributed by atoms with Crippen molar-refractivity contribution in [2.45, 2.75) is 31.7 Å². The van der Waals surface area contributed by atoms with Gasteiger partial charge < -0.3 is 10.2 Å². The highest BCUT2D eigenvalue weighted by molar-refractivity contribution is 6.04. The van der Waals surface area contributed by atoms with Crippen molar-refractivity contribution in [2.75, 3.05) is 0 Å². The van der Waals surface area contributed by atoms with Crippen molar-refractivity contribution in [1.82, 2.24) is 5.32 Å². The third-order valence-electron chi connectivity index (χ3n) is 4.19. The molecular formula is C19H16F4N2O2. The van der Waals surface area contributed by atoms with E-state index in [1.54, 1.807) is 13.0 Å². The maximum atomic E-state index is 13.3. The molecule has 8 heteroatoms. The molecule has 0 aromatic heterocycles. The van der Waals surface area contributed by atoms with Gasteiger partial charge in [-0.25, -0.2) is 4.39 Å². The highest BCUT2D eigenvalue weighted by Gasteiger charge is 2.32. The third kappa shape index (κ3) is 4.45. The van der Waals surface area contributed by atoms with Gasteiger partial charge >= 0.3 is 6.18 Å². The zero-order valence-corrected chi connectivity index (χ0v) is 14.3. The minimum atomic E-state index is -4.46. The van der Waals surface area contributed by atoms with E-state index in [4.69, 9.17) is 4.84 Å². The Kier molecular flexibility index (Phi) is 5.16. The van der Waals surface area contributed by atoms with Crippen molar-refractivity contribution in [3.63, 3.8) is 0 Å². The fourth-order valence-electron chi connectivity index (χ4n) is 2.73. The predicted molar refractivity (Wildman–Crippen MR) is 90.4 cm³/mol. The highest BCUT2D eigenvalue weighted by Crippen LogP contribution is 2.30. The van der Waals surface area contributed by atoms with Crippen LogP contribution in [-0.4, -0.2) is 17.7 Å². The number of nitrogens with zero attached hydrogens (tertiary/aromatic N) is 1. The first-order valence-corrected chi connectivity index (χ1v) is 8.20. The highest BCUT2D eigenvalue weighted by atomic mass is 19.4. The molecule has 142 valence electrons. The minimum absolute atomic E-state index is 0.143. The number of nitrogens with one attached hydrogen (secondary N) is 1. The van der Waals surface area contributed by atoms with Gasteiger partial charge in [0.05, 0.1) is 17.3 Å². The molecule has 1 N–H and O–H groups in total. The van der Waals surface area contributed by atoms with E-state index in [-0.39, 0.29) is 6.42 Å². The van der Waals surface area contributed by atoms with Gasteiger partial charge in [-0.2, -0.15) is 13.2 Å². The molecule has 2 atom stereocenters. The van der Waals surface area contributed by atoms with Gasteiger partial charge in [-0.1, -0.05) is 29.4 Å². The Hall–Kier alpha value is -2.90. The van der Waals surface area contributed by atoms with Gasteiger partial charge in [-0.15, -0.1) is 0 Å². The van der Waals surface area contributed by atoms with E-state index in [0.717, 1.165) is 12.1 Å². The summed E-state index contributed by atoms with van der Waals surface area (Å²) in [5.74, 6) is -0.934. The molecule has 0 saturated carbocycles. The normalized spacial score (nSPS) is 17.8. The minimum Gasteiger partial charge on any atom is -0.382 e. The van der Waals surface area contributed by atoms with Crippen LogP contribution < -0.4 is 5.32 Å². The largest absolute Gasteiger partial charge is 0.416 e. The lowest BCUT2D eigenvalue weighted by Crippen LogP contribution is -2.36. The lowest BCUT2D eigenvalue weighted by molar-refractivity contribution is -0.137. The van der Waals surface area contributed by atoms with Gasteiger partial charge in [0, 0.05) is 12.0 Å². The second-order valence-electron chi connectivity index (χ2n) is 6.20. The Labute approximate surface area is 152 Å². The molecule has 1 amide bonds. The van der Waals surface area contributed by atoms with Gasteiger partial charge in [0.25, 0.3) is 5.91 Å². The van der Waals surface area contributed by atoms with Crippen LogP contribution in [0, 0.1) is 5.82 Å². The van der Waals surface area contributed by atoms with Crippen molar-refractivity contribution in [3.05, 3.63) is 71.0 Å². The first kappa shape index (κ1) is 18.9. The molecule has 0 bridgehead atoms. The topological polar surface area (TPSA) is 50.7 Å². The molecule has 2 unspecified atom stereocenters. The maximum absolute atomic E-state index is 13.3. The smallest absolute Gasteiger partial charge is 0.382 e. The van der Waals surface area contributed by atoms with E-state index in [1.807, 2.05) is 0 Å². The summed E-state index contributed by atoms with van der Waals surface area (Å²) in [6.07, 6.45) is -5.23. The number of halogens is 4. The maximum Gasteiger partial charge on any atom is 0.416 e. The summed E-state index contributed by atoms with van der Waals surface area (Å²) >= 11 is 0. The zero-order chi connectivity index (χ0) is 19.6. The zero-order valence-electron chi connectivity index (χ0n) is 14.3. The average molecular weight is 380 g/mol. The number of hydrogen-bond acceptors (Lipinski definition) is 3. The quantitative estimate of drug-likeness (QED) is 0.808. The first-order chi connectivity index (χ1) is 12.7. The van der Waals surface area contributed by atoms with Crippen molar-refractivity contribution in [2.24, 2.45) is 5.16 Å². The van der Waals surface area contributed by atoms with Crippen molar-refractivity contribution in [1.29, 1.82) is 0 Å². The SMILES string of the molecule is CC(NC(=O)C1CC(c2cccc(F)c2)=NO1)c1cccc(C(F)(F)F)c1. The second-order valence-corrected chi connectivity index (χ2v) is 6.20. The molecule has 4 nitrogen and oxygen atoms in total. The molecule has 1 aliphatic heterocycles. The summed E-state index contributed by atoms with van der Waals surface area (Å²) in [7, 11) is 0. The molecule has 0 fully saturated rings. The molecule has 1 heterocycles. The van der Waals surface area contributed by atoms with Gasteiger partial charge in [-0.05, 0) is 36.8 Å². The number of rotatable bonds is 4. The summed E-state index contributed by atoms with van der Waals surface area (Å²) in [5, 5.41) is 6.44. The first-order valence-electron chi connectivity index (χ1n) is 8.20.